The predicted octanol–water partition coefficient (Wildman–Crippen LogP) is 2.61. The SMILES string of the molecule is Nc1cc2c(F)cccc2nc1Cl. The van der Waals surface area contributed by atoms with Crippen LogP contribution in [0, 0.1) is 5.82 Å². The Morgan fingerprint density at radius 2 is 2.15 bits per heavy atom. The number of halogens is 2. The minimum Gasteiger partial charge on any atom is -0.396 e. The maximum Gasteiger partial charge on any atom is 0.152 e. The maximum absolute atomic E-state index is 13.2. The number of nitrogen functional groups attached to an aromatic ring is 1. The van der Waals surface area contributed by atoms with Gasteiger partial charge in [-0.2, -0.15) is 0 Å². The Morgan fingerprint density at radius 1 is 1.38 bits per heavy atom. The first-order valence-corrected chi connectivity index (χ1v) is 4.06. The van der Waals surface area contributed by atoms with Gasteiger partial charge in [0.1, 0.15) is 5.82 Å². The molecule has 0 atom stereocenters. The van der Waals surface area contributed by atoms with E-state index in [2.05, 4.69) is 4.98 Å². The molecule has 0 aliphatic heterocycles. The van der Waals surface area contributed by atoms with Gasteiger partial charge in [-0.1, -0.05) is 17.7 Å². The van der Waals surface area contributed by atoms with Crippen LogP contribution in [-0.2, 0) is 0 Å². The number of benzene rings is 1. The fourth-order valence-corrected chi connectivity index (χ4v) is 1.30. The molecule has 0 unspecified atom stereocenters. The molecule has 0 spiro atoms. The lowest BCUT2D eigenvalue weighted by molar-refractivity contribution is 0.639. The summed E-state index contributed by atoms with van der Waals surface area (Å²) in [6, 6.07) is 6.11. The maximum atomic E-state index is 13.2. The molecule has 2 aromatic rings. The molecule has 0 aliphatic rings. The summed E-state index contributed by atoms with van der Waals surface area (Å²) in [7, 11) is 0. The van der Waals surface area contributed by atoms with Crippen LogP contribution in [0.25, 0.3) is 10.9 Å². The Morgan fingerprint density at radius 3 is 2.92 bits per heavy atom. The summed E-state index contributed by atoms with van der Waals surface area (Å²) in [6.07, 6.45) is 0. The van der Waals surface area contributed by atoms with Crippen LogP contribution >= 0.6 is 11.6 Å². The second kappa shape index (κ2) is 2.85. The summed E-state index contributed by atoms with van der Waals surface area (Å²) in [4.78, 5) is 3.94. The molecule has 0 aliphatic carbocycles. The van der Waals surface area contributed by atoms with Gasteiger partial charge in [0.05, 0.1) is 11.2 Å². The lowest BCUT2D eigenvalue weighted by Gasteiger charge is -2.01. The molecule has 2 nitrogen and oxygen atoms in total. The molecule has 1 heterocycles. The Kier molecular flexibility index (Phi) is 1.81. The molecule has 0 saturated carbocycles. The van der Waals surface area contributed by atoms with E-state index in [1.807, 2.05) is 0 Å². The highest BCUT2D eigenvalue weighted by Gasteiger charge is 2.04. The second-order valence-electron chi connectivity index (χ2n) is 2.67. The Hall–Kier alpha value is -1.35. The number of nitrogens with zero attached hydrogens (tertiary/aromatic N) is 1. The second-order valence-corrected chi connectivity index (χ2v) is 3.03. The summed E-state index contributed by atoms with van der Waals surface area (Å²) >= 11 is 5.68. The van der Waals surface area contributed by atoms with Crippen molar-refractivity contribution >= 4 is 28.2 Å². The number of nitrogens with two attached hydrogens (primary N) is 1. The number of hydrogen-bond donors (Lipinski definition) is 1. The van der Waals surface area contributed by atoms with Crippen molar-refractivity contribution in [2.75, 3.05) is 5.73 Å². The van der Waals surface area contributed by atoms with Crippen molar-refractivity contribution in [1.29, 1.82) is 0 Å². The van der Waals surface area contributed by atoms with E-state index < -0.39 is 0 Å². The van der Waals surface area contributed by atoms with Gasteiger partial charge in [-0.05, 0) is 18.2 Å². The van der Waals surface area contributed by atoms with E-state index in [1.54, 1.807) is 12.1 Å². The van der Waals surface area contributed by atoms with Gasteiger partial charge in [-0.15, -0.1) is 0 Å². The van der Waals surface area contributed by atoms with E-state index in [-0.39, 0.29) is 11.0 Å². The van der Waals surface area contributed by atoms with Gasteiger partial charge in [0.15, 0.2) is 5.15 Å². The molecule has 2 N–H and O–H groups in total. The van der Waals surface area contributed by atoms with Gasteiger partial charge < -0.3 is 5.73 Å². The number of aromatic nitrogens is 1. The Balaban J connectivity index is 2.89. The highest BCUT2D eigenvalue weighted by atomic mass is 35.5. The van der Waals surface area contributed by atoms with Crippen LogP contribution < -0.4 is 5.73 Å². The highest BCUT2D eigenvalue weighted by molar-refractivity contribution is 6.32. The quantitative estimate of drug-likeness (QED) is 0.658. The van der Waals surface area contributed by atoms with Gasteiger partial charge >= 0.3 is 0 Å². The minimum atomic E-state index is -0.339. The predicted molar refractivity (Wildman–Crippen MR) is 51.1 cm³/mol. The number of anilines is 1. The average molecular weight is 197 g/mol. The van der Waals surface area contributed by atoms with Crippen LogP contribution in [0.2, 0.25) is 5.15 Å². The summed E-state index contributed by atoms with van der Waals surface area (Å²) in [5, 5.41) is 0.600. The first-order valence-electron chi connectivity index (χ1n) is 3.69. The van der Waals surface area contributed by atoms with Crippen molar-refractivity contribution in [3.63, 3.8) is 0 Å². The van der Waals surface area contributed by atoms with Crippen molar-refractivity contribution in [3.05, 3.63) is 35.2 Å². The third-order valence-electron chi connectivity index (χ3n) is 1.79. The zero-order valence-corrected chi connectivity index (χ0v) is 7.35. The molecule has 66 valence electrons. The molecule has 0 bridgehead atoms. The molecular weight excluding hydrogens is 191 g/mol. The summed E-state index contributed by atoms with van der Waals surface area (Å²) in [6.45, 7) is 0. The van der Waals surface area contributed by atoms with Crippen molar-refractivity contribution in [2.24, 2.45) is 0 Å². The molecule has 1 aromatic carbocycles. The Labute approximate surface area is 79.1 Å². The van der Waals surface area contributed by atoms with Gasteiger partial charge in [-0.25, -0.2) is 9.37 Å². The standard InChI is InChI=1S/C9H6ClFN2/c10-9-7(12)4-5-6(11)2-1-3-8(5)13-9/h1-4H,12H2. The zero-order chi connectivity index (χ0) is 9.42. The molecular formula is C9H6ClFN2. The topological polar surface area (TPSA) is 38.9 Å². The van der Waals surface area contributed by atoms with Crippen molar-refractivity contribution in [2.45, 2.75) is 0 Å². The normalized spacial score (nSPS) is 10.6. The zero-order valence-electron chi connectivity index (χ0n) is 6.59. The number of hydrogen-bond acceptors (Lipinski definition) is 2. The average Bonchev–Trinajstić information content (AvgIpc) is 2.09. The van der Waals surface area contributed by atoms with E-state index in [0.717, 1.165) is 0 Å². The summed E-state index contributed by atoms with van der Waals surface area (Å²) in [5.74, 6) is -0.339. The Bertz CT molecular complexity index is 470. The van der Waals surface area contributed by atoms with Crippen LogP contribution in [0.4, 0.5) is 10.1 Å². The van der Waals surface area contributed by atoms with Crippen molar-refractivity contribution in [3.8, 4) is 0 Å². The lowest BCUT2D eigenvalue weighted by Crippen LogP contribution is -1.91. The van der Waals surface area contributed by atoms with Crippen LogP contribution in [-0.4, -0.2) is 4.98 Å². The first-order chi connectivity index (χ1) is 6.18. The smallest absolute Gasteiger partial charge is 0.152 e. The molecule has 0 fully saturated rings. The lowest BCUT2D eigenvalue weighted by atomic mass is 10.2. The van der Waals surface area contributed by atoms with E-state index in [4.69, 9.17) is 17.3 Å². The molecule has 1 aromatic heterocycles. The third-order valence-corrected chi connectivity index (χ3v) is 2.09. The molecule has 0 saturated heterocycles. The van der Waals surface area contributed by atoms with Gasteiger partial charge in [0.25, 0.3) is 0 Å². The van der Waals surface area contributed by atoms with Gasteiger partial charge in [0, 0.05) is 5.39 Å². The van der Waals surface area contributed by atoms with Crippen LogP contribution in [0.3, 0.4) is 0 Å². The van der Waals surface area contributed by atoms with E-state index >= 15 is 0 Å². The minimum absolute atomic E-state index is 0.207. The fraction of sp³-hybridized carbons (Fsp3) is 0. The van der Waals surface area contributed by atoms with Gasteiger partial charge in [-0.3, -0.25) is 0 Å². The summed E-state index contributed by atoms with van der Waals surface area (Å²) in [5.41, 5.74) is 6.30. The van der Waals surface area contributed by atoms with E-state index in [1.165, 1.54) is 12.1 Å². The van der Waals surface area contributed by atoms with E-state index in [9.17, 15) is 4.39 Å². The number of fused-ring (bicyclic) bond motifs is 1. The van der Waals surface area contributed by atoms with E-state index in [0.29, 0.717) is 16.6 Å². The van der Waals surface area contributed by atoms with Crippen LogP contribution in [0.5, 0.6) is 0 Å². The largest absolute Gasteiger partial charge is 0.396 e. The van der Waals surface area contributed by atoms with Crippen molar-refractivity contribution < 1.29 is 4.39 Å². The van der Waals surface area contributed by atoms with Crippen LogP contribution in [0.1, 0.15) is 0 Å². The third kappa shape index (κ3) is 1.31. The molecule has 0 radical (unpaired) electrons. The van der Waals surface area contributed by atoms with Crippen LogP contribution in [0.15, 0.2) is 24.3 Å². The molecule has 4 heteroatoms. The summed E-state index contributed by atoms with van der Waals surface area (Å²) < 4.78 is 13.2. The molecule has 0 amide bonds. The highest BCUT2D eigenvalue weighted by Crippen LogP contribution is 2.23. The monoisotopic (exact) mass is 196 g/mol. The molecule has 13 heavy (non-hydrogen) atoms. The number of rotatable bonds is 0. The molecule has 2 rings (SSSR count). The first kappa shape index (κ1) is 8.26. The van der Waals surface area contributed by atoms with Crippen molar-refractivity contribution in [1.82, 2.24) is 4.98 Å². The number of pyridine rings is 1. The van der Waals surface area contributed by atoms with Gasteiger partial charge in [0.2, 0.25) is 0 Å². The fourth-order valence-electron chi connectivity index (χ4n) is 1.15.